The molecule has 4 nitrogen and oxygen atoms in total. The Bertz CT molecular complexity index is 1170. The van der Waals surface area contributed by atoms with Gasteiger partial charge >= 0.3 is 0 Å². The van der Waals surface area contributed by atoms with Crippen molar-refractivity contribution in [1.82, 2.24) is 4.57 Å². The number of ketones is 1. The topological polar surface area (TPSA) is 48.3 Å². The molecule has 0 aliphatic heterocycles. The number of carbonyl (C=O) groups is 1. The maximum absolute atomic E-state index is 12.6. The molecule has 0 unspecified atom stereocenters. The van der Waals surface area contributed by atoms with E-state index >= 15 is 0 Å². The summed E-state index contributed by atoms with van der Waals surface area (Å²) in [5.74, 6) is 0.729. The van der Waals surface area contributed by atoms with Crippen molar-refractivity contribution in [1.29, 1.82) is 0 Å². The first-order valence-electron chi connectivity index (χ1n) is 9.71. The summed E-state index contributed by atoms with van der Waals surface area (Å²) in [6.45, 7) is 4.74. The second-order valence-corrected chi connectivity index (χ2v) is 7.97. The molecular weight excluding hydrogens is 382 g/mol. The minimum absolute atomic E-state index is 0.0971. The molecule has 0 atom stereocenters. The largest absolute Gasteiger partial charge is 0.494 e. The number of hydrogen-bond donors (Lipinski definition) is 0. The van der Waals surface area contributed by atoms with Crippen LogP contribution in [0.25, 0.3) is 12.2 Å². The number of hydrogen-bond acceptors (Lipinski definition) is 4. The summed E-state index contributed by atoms with van der Waals surface area (Å²) < 4.78 is 8.42. The molecule has 2 aromatic carbocycles. The zero-order valence-electron chi connectivity index (χ0n) is 17.0. The summed E-state index contributed by atoms with van der Waals surface area (Å²) in [6, 6.07) is 15.1. The third kappa shape index (κ3) is 5.12. The second-order valence-electron chi connectivity index (χ2n) is 6.91. The van der Waals surface area contributed by atoms with Gasteiger partial charge in [-0.05, 0) is 42.7 Å². The van der Waals surface area contributed by atoms with Gasteiger partial charge in [-0.1, -0.05) is 49.7 Å². The number of unbranched alkanes of at least 4 members (excludes halogenated alkanes) is 1. The lowest BCUT2D eigenvalue weighted by molar-refractivity contribution is 0.106. The summed E-state index contributed by atoms with van der Waals surface area (Å²) in [4.78, 5) is 25.2. The lowest BCUT2D eigenvalue weighted by atomic mass is 10.1. The van der Waals surface area contributed by atoms with Crippen molar-refractivity contribution in [3.63, 3.8) is 0 Å². The summed E-state index contributed by atoms with van der Waals surface area (Å²) in [7, 11) is 1.69. The highest BCUT2D eigenvalue weighted by Gasteiger charge is 2.07. The minimum atomic E-state index is -0.109. The van der Waals surface area contributed by atoms with E-state index in [9.17, 15) is 9.59 Å². The summed E-state index contributed by atoms with van der Waals surface area (Å²) in [6.07, 6.45) is 5.51. The molecule has 0 spiro atoms. The van der Waals surface area contributed by atoms with Crippen LogP contribution in [0.3, 0.4) is 0 Å². The predicted molar refractivity (Wildman–Crippen MR) is 119 cm³/mol. The maximum Gasteiger partial charge on any atom is 0.268 e. The number of carbonyl (C=O) groups excluding carboxylic acids is 1. The van der Waals surface area contributed by atoms with E-state index in [1.807, 2.05) is 55.5 Å². The first-order chi connectivity index (χ1) is 14.0. The number of rotatable bonds is 7. The van der Waals surface area contributed by atoms with Crippen LogP contribution >= 0.6 is 11.3 Å². The number of nitrogens with zero attached hydrogens (tertiary/aromatic N) is 1. The molecule has 5 heteroatoms. The van der Waals surface area contributed by atoms with Gasteiger partial charge in [0, 0.05) is 18.7 Å². The van der Waals surface area contributed by atoms with Crippen molar-refractivity contribution in [2.24, 2.45) is 7.05 Å². The van der Waals surface area contributed by atoms with Crippen LogP contribution in [0.4, 0.5) is 0 Å². The molecule has 0 aliphatic rings. The lowest BCUT2D eigenvalue weighted by Gasteiger charge is -2.04. The van der Waals surface area contributed by atoms with Crippen LogP contribution in [0, 0.1) is 6.92 Å². The summed E-state index contributed by atoms with van der Waals surface area (Å²) in [5, 5.41) is 0. The lowest BCUT2D eigenvalue weighted by Crippen LogP contribution is -2.29. The van der Waals surface area contributed by atoms with E-state index in [0.717, 1.165) is 29.7 Å². The molecule has 0 saturated carbocycles. The maximum atomic E-state index is 12.6. The molecular formula is C24H25NO3S. The van der Waals surface area contributed by atoms with E-state index in [1.165, 1.54) is 22.0 Å². The van der Waals surface area contributed by atoms with Gasteiger partial charge in [-0.15, -0.1) is 11.3 Å². The zero-order valence-corrected chi connectivity index (χ0v) is 17.8. The highest BCUT2D eigenvalue weighted by atomic mass is 32.1. The second kappa shape index (κ2) is 9.52. The van der Waals surface area contributed by atoms with E-state index in [-0.39, 0.29) is 11.3 Å². The van der Waals surface area contributed by atoms with Crippen LogP contribution in [-0.4, -0.2) is 17.0 Å². The van der Waals surface area contributed by atoms with Crippen molar-refractivity contribution in [2.45, 2.75) is 26.7 Å². The Labute approximate surface area is 174 Å². The predicted octanol–water partition coefficient (Wildman–Crippen LogP) is 3.43. The monoisotopic (exact) mass is 407 g/mol. The van der Waals surface area contributed by atoms with Gasteiger partial charge in [-0.25, -0.2) is 0 Å². The first-order valence-corrected chi connectivity index (χ1v) is 10.5. The molecule has 3 aromatic rings. The molecule has 0 saturated heterocycles. The smallest absolute Gasteiger partial charge is 0.268 e. The van der Waals surface area contributed by atoms with Crippen LogP contribution in [-0.2, 0) is 7.05 Å². The van der Waals surface area contributed by atoms with Gasteiger partial charge in [0.2, 0.25) is 0 Å². The molecule has 0 bridgehead atoms. The highest BCUT2D eigenvalue weighted by molar-refractivity contribution is 7.07. The number of aromatic nitrogens is 1. The molecule has 0 radical (unpaired) electrons. The van der Waals surface area contributed by atoms with Crippen molar-refractivity contribution in [3.8, 4) is 5.75 Å². The van der Waals surface area contributed by atoms with E-state index < -0.39 is 0 Å². The Morgan fingerprint density at radius 1 is 1.14 bits per heavy atom. The summed E-state index contributed by atoms with van der Waals surface area (Å²) in [5.41, 5.74) is 2.38. The van der Waals surface area contributed by atoms with Crippen LogP contribution < -0.4 is 19.5 Å². The van der Waals surface area contributed by atoms with Crippen LogP contribution in [0.5, 0.6) is 5.75 Å². The quantitative estimate of drug-likeness (QED) is 0.445. The Kier molecular flexibility index (Phi) is 6.83. The fraction of sp³-hybridized carbons (Fsp3) is 0.250. The van der Waals surface area contributed by atoms with Crippen molar-refractivity contribution in [2.75, 3.05) is 6.61 Å². The van der Waals surface area contributed by atoms with E-state index in [1.54, 1.807) is 13.1 Å². The molecule has 150 valence electrons. The Morgan fingerprint density at radius 2 is 1.86 bits per heavy atom. The molecule has 1 heterocycles. The van der Waals surface area contributed by atoms with Crippen LogP contribution in [0.1, 0.15) is 41.3 Å². The van der Waals surface area contributed by atoms with Gasteiger partial charge in [0.25, 0.3) is 5.56 Å². The van der Waals surface area contributed by atoms with Crippen molar-refractivity contribution in [3.05, 3.63) is 84.8 Å². The van der Waals surface area contributed by atoms with Gasteiger partial charge in [-0.2, -0.15) is 0 Å². The number of benzene rings is 2. The number of Topliss-reactive ketones (excluding diaryl/α,β-unsaturated/α-hetero) is 1. The molecule has 0 aliphatic carbocycles. The SMILES string of the molecule is CCCCOc1ccc(/C=c2\s/c(=C\C(=O)c3ccccc3C)n(C)c2=O)cc1. The van der Waals surface area contributed by atoms with Gasteiger partial charge in [0.1, 0.15) is 10.4 Å². The molecule has 29 heavy (non-hydrogen) atoms. The van der Waals surface area contributed by atoms with E-state index in [0.29, 0.717) is 21.4 Å². The van der Waals surface area contributed by atoms with Crippen LogP contribution in [0.15, 0.2) is 53.3 Å². The Morgan fingerprint density at radius 3 is 2.55 bits per heavy atom. The number of aryl methyl sites for hydroxylation is 1. The van der Waals surface area contributed by atoms with E-state index in [4.69, 9.17) is 4.74 Å². The highest BCUT2D eigenvalue weighted by Crippen LogP contribution is 2.13. The first kappa shape index (κ1) is 20.8. The third-order valence-electron chi connectivity index (χ3n) is 4.67. The molecule has 3 rings (SSSR count). The average Bonchev–Trinajstić information content (AvgIpc) is 2.97. The number of ether oxygens (including phenoxy) is 1. The van der Waals surface area contributed by atoms with Gasteiger partial charge in [0.15, 0.2) is 5.78 Å². The van der Waals surface area contributed by atoms with Gasteiger partial charge < -0.3 is 9.30 Å². The fourth-order valence-electron chi connectivity index (χ4n) is 2.89. The standard InChI is InChI=1S/C24H25NO3S/c1-4-5-14-28-19-12-10-18(11-13-19)15-22-24(27)25(3)23(29-22)16-21(26)20-9-7-6-8-17(20)2/h6-13,15-16H,4-5,14H2,1-3H3/b22-15-,23-16-. The molecule has 0 amide bonds. The average molecular weight is 408 g/mol. The van der Waals surface area contributed by atoms with Crippen LogP contribution in [0.2, 0.25) is 0 Å². The molecule has 0 fully saturated rings. The normalized spacial score (nSPS) is 12.4. The fourth-order valence-corrected chi connectivity index (χ4v) is 3.92. The Hall–Kier alpha value is -2.92. The van der Waals surface area contributed by atoms with E-state index in [2.05, 4.69) is 6.92 Å². The molecule has 0 N–H and O–H groups in total. The number of thiazole rings is 1. The minimum Gasteiger partial charge on any atom is -0.494 e. The Balaban J connectivity index is 1.90. The van der Waals surface area contributed by atoms with Gasteiger partial charge in [0.05, 0.1) is 11.1 Å². The van der Waals surface area contributed by atoms with Crippen molar-refractivity contribution < 1.29 is 9.53 Å². The third-order valence-corrected chi connectivity index (χ3v) is 5.78. The van der Waals surface area contributed by atoms with Crippen molar-refractivity contribution >= 4 is 29.3 Å². The summed E-state index contributed by atoms with van der Waals surface area (Å²) >= 11 is 1.32. The molecule has 1 aromatic heterocycles. The van der Waals surface area contributed by atoms with Gasteiger partial charge in [-0.3, -0.25) is 9.59 Å². The zero-order chi connectivity index (χ0) is 20.8.